The minimum absolute atomic E-state index is 0.0631. The highest BCUT2D eigenvalue weighted by atomic mass is 16.3. The Kier molecular flexibility index (Phi) is 0.884. The number of hydrogen-bond donors (Lipinski definition) is 1. The number of aliphatic hydroxyl groups is 1. The Bertz CT molecular complexity index is 127. The smallest absolute Gasteiger partial charge is 0.0578 e. The van der Waals surface area contributed by atoms with E-state index in [2.05, 4.69) is 0 Å². The summed E-state index contributed by atoms with van der Waals surface area (Å²) in [5.74, 6) is -0.549. The second-order valence-corrected chi connectivity index (χ2v) is 3.50. The quantitative estimate of drug-likeness (QED) is 0.506. The summed E-state index contributed by atoms with van der Waals surface area (Å²) in [4.78, 5) is 0. The summed E-state index contributed by atoms with van der Waals surface area (Å²) in [6.07, 6.45) is 0.272. The maximum Gasteiger partial charge on any atom is 0.0578 e. The predicted octanol–water partition coefficient (Wildman–Crippen LogP) is 1.41. The standard InChI is InChI=1S/C7H14O/c1-7(2,3)5-4-6(5)8/h5-6,8H,4H2,1-3H3/i5D. The first kappa shape index (κ1) is 4.80. The van der Waals surface area contributed by atoms with Gasteiger partial charge in [0.05, 0.1) is 6.10 Å². The minimum Gasteiger partial charge on any atom is -0.393 e. The zero-order valence-electron chi connectivity index (χ0n) is 6.73. The monoisotopic (exact) mass is 115 g/mol. The summed E-state index contributed by atoms with van der Waals surface area (Å²) in [6, 6.07) is 0. The lowest BCUT2D eigenvalue weighted by atomic mass is 9.90. The SMILES string of the molecule is [2H]C1(C(C)(C)C)CC1O. The molecule has 0 aromatic carbocycles. The van der Waals surface area contributed by atoms with E-state index in [4.69, 9.17) is 6.48 Å². The van der Waals surface area contributed by atoms with Gasteiger partial charge in [0.15, 0.2) is 0 Å². The van der Waals surface area contributed by atoms with E-state index in [0.29, 0.717) is 6.42 Å². The second kappa shape index (κ2) is 1.47. The van der Waals surface area contributed by atoms with Crippen molar-refractivity contribution in [1.29, 1.82) is 0 Å². The lowest BCUT2D eigenvalue weighted by Crippen LogP contribution is -2.10. The highest BCUT2D eigenvalue weighted by Crippen LogP contribution is 2.44. The molecule has 1 heteroatoms. The van der Waals surface area contributed by atoms with Crippen molar-refractivity contribution in [3.8, 4) is 0 Å². The molecule has 48 valence electrons. The first-order valence-electron chi connectivity index (χ1n) is 3.56. The molecule has 0 aromatic rings. The van der Waals surface area contributed by atoms with Crippen molar-refractivity contribution >= 4 is 0 Å². The van der Waals surface area contributed by atoms with E-state index < -0.39 is 5.89 Å². The van der Waals surface area contributed by atoms with Gasteiger partial charge in [-0.25, -0.2) is 0 Å². The maximum absolute atomic E-state index is 9.03. The van der Waals surface area contributed by atoms with Gasteiger partial charge in [-0.2, -0.15) is 0 Å². The van der Waals surface area contributed by atoms with E-state index in [-0.39, 0.29) is 11.5 Å². The lowest BCUT2D eigenvalue weighted by Gasteiger charge is -2.16. The van der Waals surface area contributed by atoms with Crippen LogP contribution in [-0.2, 0) is 0 Å². The van der Waals surface area contributed by atoms with Gasteiger partial charge < -0.3 is 5.11 Å². The average molecular weight is 115 g/mol. The molecule has 2 atom stereocenters. The summed E-state index contributed by atoms with van der Waals surface area (Å²) in [5.41, 5.74) is -0.0631. The molecular weight excluding hydrogens is 100 g/mol. The van der Waals surface area contributed by atoms with E-state index in [1.807, 2.05) is 20.8 Å². The lowest BCUT2D eigenvalue weighted by molar-refractivity contribution is 0.211. The van der Waals surface area contributed by atoms with Crippen LogP contribution in [-0.4, -0.2) is 11.2 Å². The Labute approximate surface area is 52.1 Å². The summed E-state index contributed by atoms with van der Waals surface area (Å²) < 4.78 is 7.65. The normalized spacial score (nSPS) is 48.5. The van der Waals surface area contributed by atoms with Crippen LogP contribution in [0.15, 0.2) is 0 Å². The van der Waals surface area contributed by atoms with E-state index in [9.17, 15) is 0 Å². The molecule has 1 saturated carbocycles. The zero-order chi connectivity index (χ0) is 7.28. The molecule has 1 aliphatic rings. The van der Waals surface area contributed by atoms with Crippen molar-refractivity contribution in [2.45, 2.75) is 33.3 Å². The van der Waals surface area contributed by atoms with Crippen molar-refractivity contribution in [3.05, 3.63) is 0 Å². The third-order valence-electron chi connectivity index (χ3n) is 1.62. The van der Waals surface area contributed by atoms with Crippen LogP contribution >= 0.6 is 0 Å². The number of rotatable bonds is 0. The first-order chi connectivity index (χ1) is 3.88. The molecule has 8 heavy (non-hydrogen) atoms. The average Bonchev–Trinajstić information content (AvgIpc) is 2.13. The van der Waals surface area contributed by atoms with Crippen LogP contribution in [0.4, 0.5) is 0 Å². The summed E-state index contributed by atoms with van der Waals surface area (Å²) in [5, 5.41) is 9.03. The van der Waals surface area contributed by atoms with Gasteiger partial charge in [-0.3, -0.25) is 0 Å². The van der Waals surface area contributed by atoms with E-state index in [0.717, 1.165) is 0 Å². The molecule has 0 radical (unpaired) electrons. The molecule has 0 aliphatic heterocycles. The molecule has 1 N–H and O–H groups in total. The third-order valence-corrected chi connectivity index (χ3v) is 1.62. The topological polar surface area (TPSA) is 20.2 Å². The van der Waals surface area contributed by atoms with Gasteiger partial charge in [0.1, 0.15) is 0 Å². The highest BCUT2D eigenvalue weighted by Gasteiger charge is 2.43. The number of aliphatic hydroxyl groups excluding tert-OH is 1. The van der Waals surface area contributed by atoms with Crippen molar-refractivity contribution in [2.75, 3.05) is 0 Å². The molecule has 0 spiro atoms. The maximum atomic E-state index is 9.03. The van der Waals surface area contributed by atoms with Crippen LogP contribution in [0.1, 0.15) is 28.6 Å². The molecule has 1 rings (SSSR count). The molecule has 0 amide bonds. The predicted molar refractivity (Wildman–Crippen MR) is 33.6 cm³/mol. The summed E-state index contributed by atoms with van der Waals surface area (Å²) in [6.45, 7) is 5.99. The third kappa shape index (κ3) is 1.03. The molecule has 1 nitrogen and oxygen atoms in total. The van der Waals surface area contributed by atoms with Crippen LogP contribution < -0.4 is 0 Å². The first-order valence-corrected chi connectivity index (χ1v) is 3.06. The molecule has 0 heterocycles. The molecule has 0 bridgehead atoms. The second-order valence-electron chi connectivity index (χ2n) is 3.50. The highest BCUT2D eigenvalue weighted by molar-refractivity contribution is 4.93. The van der Waals surface area contributed by atoms with Crippen LogP contribution in [0, 0.1) is 11.3 Å². The van der Waals surface area contributed by atoms with Crippen LogP contribution in [0.25, 0.3) is 0 Å². The van der Waals surface area contributed by atoms with Gasteiger partial charge in [0.25, 0.3) is 0 Å². The Hall–Kier alpha value is -0.0400. The minimum atomic E-state index is -0.549. The molecule has 0 saturated heterocycles. The molecule has 1 aliphatic carbocycles. The largest absolute Gasteiger partial charge is 0.393 e. The van der Waals surface area contributed by atoms with Gasteiger partial charge in [0.2, 0.25) is 0 Å². The fraction of sp³-hybridized carbons (Fsp3) is 1.00. The molecule has 0 aromatic heterocycles. The van der Waals surface area contributed by atoms with Crippen molar-refractivity contribution in [2.24, 2.45) is 11.3 Å². The fourth-order valence-corrected chi connectivity index (χ4v) is 0.955. The van der Waals surface area contributed by atoms with Gasteiger partial charge in [0, 0.05) is 1.37 Å². The van der Waals surface area contributed by atoms with Crippen LogP contribution in [0.5, 0.6) is 0 Å². The van der Waals surface area contributed by atoms with Gasteiger partial charge in [-0.1, -0.05) is 20.8 Å². The van der Waals surface area contributed by atoms with Gasteiger partial charge in [-0.05, 0) is 17.7 Å². The van der Waals surface area contributed by atoms with Crippen LogP contribution in [0.2, 0.25) is 0 Å². The van der Waals surface area contributed by atoms with E-state index >= 15 is 0 Å². The Morgan fingerprint density at radius 3 is 2.00 bits per heavy atom. The molecule has 2 unspecified atom stereocenters. The molecule has 1 fully saturated rings. The summed E-state index contributed by atoms with van der Waals surface area (Å²) >= 11 is 0. The van der Waals surface area contributed by atoms with Crippen molar-refractivity contribution < 1.29 is 6.48 Å². The Morgan fingerprint density at radius 1 is 1.62 bits per heavy atom. The van der Waals surface area contributed by atoms with E-state index in [1.54, 1.807) is 0 Å². The van der Waals surface area contributed by atoms with Gasteiger partial charge >= 0.3 is 0 Å². The van der Waals surface area contributed by atoms with Crippen molar-refractivity contribution in [3.63, 3.8) is 0 Å². The number of hydrogen-bond acceptors (Lipinski definition) is 1. The zero-order valence-corrected chi connectivity index (χ0v) is 5.73. The van der Waals surface area contributed by atoms with Gasteiger partial charge in [-0.15, -0.1) is 0 Å². The van der Waals surface area contributed by atoms with Crippen molar-refractivity contribution in [1.82, 2.24) is 0 Å². The molecular formula is C7H14O. The Morgan fingerprint density at radius 2 is 2.00 bits per heavy atom. The van der Waals surface area contributed by atoms with Crippen LogP contribution in [0.3, 0.4) is 0 Å². The Balaban J connectivity index is 2.64. The fourth-order valence-electron chi connectivity index (χ4n) is 0.955. The summed E-state index contributed by atoms with van der Waals surface area (Å²) in [7, 11) is 0. The van der Waals surface area contributed by atoms with E-state index in [1.165, 1.54) is 0 Å².